The van der Waals surface area contributed by atoms with E-state index in [0.717, 1.165) is 30.6 Å². The summed E-state index contributed by atoms with van der Waals surface area (Å²) in [6, 6.07) is 0. The minimum Gasteiger partial charge on any atom is -0.443 e. The summed E-state index contributed by atoms with van der Waals surface area (Å²) in [7, 11) is 1.79. The van der Waals surface area contributed by atoms with E-state index in [1.807, 2.05) is 6.20 Å². The molecular formula is C20H37N5O. The Bertz CT molecular complexity index is 553. The lowest BCUT2D eigenvalue weighted by Gasteiger charge is -2.30. The van der Waals surface area contributed by atoms with Crippen LogP contribution >= 0.6 is 0 Å². The molecule has 6 heteroatoms. The van der Waals surface area contributed by atoms with Crippen LogP contribution in [0, 0.1) is 5.92 Å². The zero-order chi connectivity index (χ0) is 19.0. The second-order valence-electron chi connectivity index (χ2n) is 8.45. The number of likely N-dealkylation sites (tertiary alicyclic amines) is 1. The van der Waals surface area contributed by atoms with Gasteiger partial charge in [-0.3, -0.25) is 4.99 Å². The van der Waals surface area contributed by atoms with Gasteiger partial charge in [-0.1, -0.05) is 27.7 Å². The Morgan fingerprint density at radius 1 is 1.27 bits per heavy atom. The maximum Gasteiger partial charge on any atom is 0.213 e. The topological polar surface area (TPSA) is 65.7 Å². The molecule has 148 valence electrons. The number of unbranched alkanes of at least 4 members (excludes halogenated alkanes) is 1. The van der Waals surface area contributed by atoms with Crippen LogP contribution < -0.4 is 10.6 Å². The molecule has 0 amide bonds. The number of nitrogens with zero attached hydrogens (tertiary/aromatic N) is 3. The molecule has 26 heavy (non-hydrogen) atoms. The summed E-state index contributed by atoms with van der Waals surface area (Å²) < 4.78 is 5.80. The fraction of sp³-hybridized carbons (Fsp3) is 0.800. The number of hydrogen-bond donors (Lipinski definition) is 2. The Morgan fingerprint density at radius 2 is 2.00 bits per heavy atom. The predicted octanol–water partition coefficient (Wildman–Crippen LogP) is 3.15. The number of nitrogens with one attached hydrogen (secondary N) is 2. The molecule has 1 aliphatic heterocycles. The molecule has 0 aliphatic carbocycles. The molecule has 2 rings (SSSR count). The summed E-state index contributed by atoms with van der Waals surface area (Å²) in [5.41, 5.74) is -0.0163. The van der Waals surface area contributed by atoms with E-state index < -0.39 is 0 Å². The van der Waals surface area contributed by atoms with Crippen molar-refractivity contribution in [2.24, 2.45) is 10.9 Å². The van der Waals surface area contributed by atoms with Crippen molar-refractivity contribution in [3.05, 3.63) is 17.8 Å². The van der Waals surface area contributed by atoms with E-state index in [1.54, 1.807) is 7.05 Å². The molecule has 1 saturated heterocycles. The van der Waals surface area contributed by atoms with Crippen molar-refractivity contribution in [3.63, 3.8) is 0 Å². The zero-order valence-electron chi connectivity index (χ0n) is 17.3. The summed E-state index contributed by atoms with van der Waals surface area (Å²) in [4.78, 5) is 11.2. The lowest BCUT2D eigenvalue weighted by molar-refractivity contribution is 0.189. The zero-order valence-corrected chi connectivity index (χ0v) is 17.3. The number of rotatable bonds is 7. The van der Waals surface area contributed by atoms with Gasteiger partial charge < -0.3 is 20.0 Å². The number of hydrogen-bond acceptors (Lipinski definition) is 4. The van der Waals surface area contributed by atoms with Gasteiger partial charge in [-0.15, -0.1) is 0 Å². The fourth-order valence-electron chi connectivity index (χ4n) is 3.07. The Hall–Kier alpha value is -1.56. The molecule has 1 aliphatic rings. The van der Waals surface area contributed by atoms with Gasteiger partial charge in [0.15, 0.2) is 5.96 Å². The van der Waals surface area contributed by atoms with Gasteiger partial charge in [0.2, 0.25) is 5.89 Å². The van der Waals surface area contributed by atoms with Crippen molar-refractivity contribution in [2.75, 3.05) is 33.2 Å². The smallest absolute Gasteiger partial charge is 0.213 e. The molecule has 0 saturated carbocycles. The molecule has 0 bridgehead atoms. The number of oxazole rings is 1. The first-order valence-corrected chi connectivity index (χ1v) is 10.0. The van der Waals surface area contributed by atoms with Crippen LogP contribution in [0.15, 0.2) is 15.6 Å². The van der Waals surface area contributed by atoms with Crippen LogP contribution in [0.5, 0.6) is 0 Å². The second kappa shape index (κ2) is 9.95. The standard InChI is InChI=1S/C20H37N5O/c1-16-8-12-25(13-9-16)11-7-6-10-22-19(21-5)24-15-18-23-14-17(26-18)20(2,3)4/h14,16H,6-13,15H2,1-5H3,(H2,21,22,24). The van der Waals surface area contributed by atoms with Crippen LogP contribution in [0.25, 0.3) is 0 Å². The number of aliphatic imine (C=N–C) groups is 1. The summed E-state index contributed by atoms with van der Waals surface area (Å²) in [6.07, 6.45) is 6.90. The van der Waals surface area contributed by atoms with E-state index in [2.05, 4.69) is 53.2 Å². The third-order valence-electron chi connectivity index (χ3n) is 4.99. The summed E-state index contributed by atoms with van der Waals surface area (Å²) in [5, 5.41) is 6.64. The van der Waals surface area contributed by atoms with Gasteiger partial charge in [-0.05, 0) is 51.2 Å². The highest BCUT2D eigenvalue weighted by Crippen LogP contribution is 2.22. The first-order chi connectivity index (χ1) is 12.4. The highest BCUT2D eigenvalue weighted by atomic mass is 16.4. The molecule has 0 spiro atoms. The van der Waals surface area contributed by atoms with Crippen LogP contribution in [0.1, 0.15) is 65.0 Å². The minimum atomic E-state index is -0.0163. The lowest BCUT2D eigenvalue weighted by Crippen LogP contribution is -2.38. The van der Waals surface area contributed by atoms with Crippen molar-refractivity contribution in [2.45, 2.75) is 65.3 Å². The SMILES string of the molecule is CN=C(NCCCCN1CCC(C)CC1)NCc1ncc(C(C)(C)C)o1. The number of guanidine groups is 1. The Kier molecular flexibility index (Phi) is 7.94. The van der Waals surface area contributed by atoms with Crippen molar-refractivity contribution in [1.29, 1.82) is 0 Å². The van der Waals surface area contributed by atoms with Gasteiger partial charge >= 0.3 is 0 Å². The molecule has 2 heterocycles. The first kappa shape index (κ1) is 20.7. The van der Waals surface area contributed by atoms with Crippen molar-refractivity contribution in [1.82, 2.24) is 20.5 Å². The first-order valence-electron chi connectivity index (χ1n) is 10.0. The van der Waals surface area contributed by atoms with Crippen LogP contribution in [-0.2, 0) is 12.0 Å². The van der Waals surface area contributed by atoms with E-state index in [0.29, 0.717) is 12.4 Å². The molecule has 0 atom stereocenters. The molecule has 1 fully saturated rings. The van der Waals surface area contributed by atoms with Gasteiger partial charge in [0.25, 0.3) is 0 Å². The quantitative estimate of drug-likeness (QED) is 0.443. The van der Waals surface area contributed by atoms with Crippen molar-refractivity contribution >= 4 is 5.96 Å². The Balaban J connectivity index is 1.60. The molecule has 6 nitrogen and oxygen atoms in total. The molecule has 1 aromatic rings. The summed E-state index contributed by atoms with van der Waals surface area (Å²) >= 11 is 0. The van der Waals surface area contributed by atoms with E-state index in [-0.39, 0.29) is 5.41 Å². The average molecular weight is 364 g/mol. The fourth-order valence-corrected chi connectivity index (χ4v) is 3.07. The van der Waals surface area contributed by atoms with Gasteiger partial charge in [0.05, 0.1) is 12.7 Å². The predicted molar refractivity (Wildman–Crippen MR) is 107 cm³/mol. The lowest BCUT2D eigenvalue weighted by atomic mass is 9.94. The van der Waals surface area contributed by atoms with Crippen LogP contribution in [0.4, 0.5) is 0 Å². The third-order valence-corrected chi connectivity index (χ3v) is 4.99. The monoisotopic (exact) mass is 363 g/mol. The summed E-state index contributed by atoms with van der Waals surface area (Å²) in [6.45, 7) is 14.0. The van der Waals surface area contributed by atoms with Gasteiger partial charge in [-0.2, -0.15) is 0 Å². The van der Waals surface area contributed by atoms with Gasteiger partial charge in [0.1, 0.15) is 5.76 Å². The maximum atomic E-state index is 5.80. The van der Waals surface area contributed by atoms with Crippen molar-refractivity contribution < 1.29 is 4.42 Å². The molecule has 2 N–H and O–H groups in total. The average Bonchev–Trinajstić information content (AvgIpc) is 3.08. The van der Waals surface area contributed by atoms with Gasteiger partial charge in [-0.25, -0.2) is 4.98 Å². The van der Waals surface area contributed by atoms with Crippen LogP contribution in [-0.4, -0.2) is 49.1 Å². The summed E-state index contributed by atoms with van der Waals surface area (Å²) in [5.74, 6) is 3.30. The Labute approximate surface area is 158 Å². The Morgan fingerprint density at radius 3 is 2.62 bits per heavy atom. The molecule has 1 aromatic heterocycles. The highest BCUT2D eigenvalue weighted by Gasteiger charge is 2.19. The van der Waals surface area contributed by atoms with Crippen LogP contribution in [0.3, 0.4) is 0 Å². The molecule has 0 radical (unpaired) electrons. The van der Waals surface area contributed by atoms with Gasteiger partial charge in [0, 0.05) is 19.0 Å². The van der Waals surface area contributed by atoms with Crippen molar-refractivity contribution in [3.8, 4) is 0 Å². The van der Waals surface area contributed by atoms with E-state index in [4.69, 9.17) is 4.42 Å². The largest absolute Gasteiger partial charge is 0.443 e. The maximum absolute atomic E-state index is 5.80. The van der Waals surface area contributed by atoms with Crippen LogP contribution in [0.2, 0.25) is 0 Å². The minimum absolute atomic E-state index is 0.0163. The number of piperidine rings is 1. The second-order valence-corrected chi connectivity index (χ2v) is 8.45. The van der Waals surface area contributed by atoms with E-state index in [1.165, 1.54) is 38.9 Å². The highest BCUT2D eigenvalue weighted by molar-refractivity contribution is 5.79. The molecular weight excluding hydrogens is 326 g/mol. The third kappa shape index (κ3) is 6.98. The van der Waals surface area contributed by atoms with E-state index >= 15 is 0 Å². The molecule has 0 unspecified atom stereocenters. The molecule has 0 aromatic carbocycles. The van der Waals surface area contributed by atoms with E-state index in [9.17, 15) is 0 Å². The number of aromatic nitrogens is 1. The normalized spacial score (nSPS) is 17.5.